The van der Waals surface area contributed by atoms with Gasteiger partial charge in [-0.25, -0.2) is 0 Å². The number of hydrogen-bond donors (Lipinski definition) is 0. The smallest absolute Gasteiger partial charge is 0 e. The molecule has 0 heterocycles. The molecule has 0 spiro atoms. The van der Waals surface area contributed by atoms with Gasteiger partial charge in [0.25, 0.3) is 0 Å². The summed E-state index contributed by atoms with van der Waals surface area (Å²) in [6.07, 6.45) is 0. The molecule has 0 amide bonds. The van der Waals surface area contributed by atoms with E-state index in [2.05, 4.69) is 0 Å². The second-order valence-electron chi connectivity index (χ2n) is 0. The van der Waals surface area contributed by atoms with E-state index in [9.17, 15) is 0 Å². The van der Waals surface area contributed by atoms with E-state index < -0.39 is 0 Å². The molecule has 0 saturated heterocycles. The van der Waals surface area contributed by atoms with Crippen LogP contribution in [0.15, 0.2) is 0 Å². The van der Waals surface area contributed by atoms with E-state index in [0.717, 1.165) is 0 Å². The van der Waals surface area contributed by atoms with E-state index in [0.29, 0.717) is 0 Å². The van der Waals surface area contributed by atoms with Crippen molar-refractivity contribution >= 4 is 52.1 Å². The van der Waals surface area contributed by atoms with E-state index in [-0.39, 0.29) is 157 Å². The van der Waals surface area contributed by atoms with Gasteiger partial charge >= 0.3 is 0 Å². The predicted octanol–water partition coefficient (Wildman–Crippen LogP) is -1.15. The predicted molar refractivity (Wildman–Crippen MR) is 17.3 cm³/mol. The molecule has 0 nitrogen and oxygen atoms in total. The first-order valence-electron chi connectivity index (χ1n) is 0. The van der Waals surface area contributed by atoms with Crippen LogP contribution in [0.5, 0.6) is 0 Å². The Morgan fingerprint density at radius 2 is 0.250 bits per heavy atom. The molecule has 0 aliphatic carbocycles. The van der Waals surface area contributed by atoms with Gasteiger partial charge in [0.1, 0.15) is 0 Å². The quantitative estimate of drug-likeness (QED) is 0.270. The fraction of sp³-hybridized carbons (Fsp3) is 0. The van der Waals surface area contributed by atoms with Crippen LogP contribution < -0.4 is 0 Å². The zero-order valence-electron chi connectivity index (χ0n) is 3.31. The second-order valence-corrected chi connectivity index (χ2v) is 0. The maximum atomic E-state index is 0. The van der Waals surface area contributed by atoms with Gasteiger partial charge in [-0.2, -0.15) is 0 Å². The average molecular weight is 1060 g/mol. The molecule has 0 aliphatic heterocycles. The third-order valence-corrected chi connectivity index (χ3v) is 0. The molecule has 0 fully saturated rings. The molecule has 0 aromatic heterocycles. The van der Waals surface area contributed by atoms with Crippen LogP contribution in [0.2, 0.25) is 0 Å². The van der Waals surface area contributed by atoms with Gasteiger partial charge in [-0.1, -0.05) is 0 Å². The Labute approximate surface area is 154 Å². The monoisotopic (exact) mass is 1060 g/mol. The van der Waals surface area contributed by atoms with E-state index in [1.165, 1.54) is 0 Å². The van der Waals surface area contributed by atoms with E-state index in [1.54, 1.807) is 0 Å². The largest absolute Gasteiger partial charge is 0 e. The van der Waals surface area contributed by atoms with Gasteiger partial charge in [-0.05, 0) is 0 Å². The zero-order valence-corrected chi connectivity index (χ0v) is 18.1. The fourth-order valence-electron chi connectivity index (χ4n) is 0. The summed E-state index contributed by atoms with van der Waals surface area (Å²) in [4.78, 5) is 0. The van der Waals surface area contributed by atoms with Crippen molar-refractivity contribution in [1.29, 1.82) is 0 Å². The first kappa shape index (κ1) is 74.4. The summed E-state index contributed by atoms with van der Waals surface area (Å²) in [5.74, 6) is 0. The summed E-state index contributed by atoms with van der Waals surface area (Å²) in [7, 11) is 0. The Hall–Kier alpha value is 5.04. The molecule has 0 saturated carbocycles. The van der Waals surface area contributed by atoms with Crippen LogP contribution in [0, 0.1) is 0 Å². The van der Waals surface area contributed by atoms with Crippen molar-refractivity contribution in [3.8, 4) is 0 Å². The molecule has 8 heteroatoms. The molecule has 9 radical (unpaired) electrons. The maximum Gasteiger partial charge on any atom is 0 e. The normalized spacial score (nSPS) is 0. The van der Waals surface area contributed by atoms with Gasteiger partial charge in [0.2, 0.25) is 0 Å². The molecule has 0 N–H and O–H groups in total. The molecular formula is Al3Pt5. The molecule has 0 rings (SSSR count). The van der Waals surface area contributed by atoms with Crippen molar-refractivity contribution in [2.75, 3.05) is 0 Å². The Kier molecular flexibility index (Phi) is 538. The van der Waals surface area contributed by atoms with Gasteiger partial charge < -0.3 is 0 Å². The summed E-state index contributed by atoms with van der Waals surface area (Å²) < 4.78 is 0. The van der Waals surface area contributed by atoms with Crippen LogP contribution in [0.25, 0.3) is 0 Å². The van der Waals surface area contributed by atoms with E-state index in [1.807, 2.05) is 0 Å². The molecule has 0 aromatic carbocycles. The van der Waals surface area contributed by atoms with Crippen LogP contribution in [0.3, 0.4) is 0 Å². The Morgan fingerprint density at radius 3 is 0.250 bits per heavy atom. The van der Waals surface area contributed by atoms with Gasteiger partial charge in [-0.3, -0.25) is 0 Å². The van der Waals surface area contributed by atoms with Crippen LogP contribution in [-0.4, -0.2) is 52.1 Å². The minimum Gasteiger partial charge on any atom is 0 e. The number of rotatable bonds is 0. The summed E-state index contributed by atoms with van der Waals surface area (Å²) in [6, 6.07) is 0. The molecular weight excluding hydrogens is 1060 g/mol. The van der Waals surface area contributed by atoms with E-state index >= 15 is 0 Å². The fourth-order valence-corrected chi connectivity index (χ4v) is 0. The van der Waals surface area contributed by atoms with Crippen molar-refractivity contribution < 1.29 is 105 Å². The van der Waals surface area contributed by atoms with Crippen molar-refractivity contribution in [2.45, 2.75) is 0 Å². The van der Waals surface area contributed by atoms with Gasteiger partial charge in [0.15, 0.2) is 0 Å². The average Bonchev–Trinajstić information content (AvgIpc) is 0. The maximum absolute atomic E-state index is 0. The second kappa shape index (κ2) is 57.8. The van der Waals surface area contributed by atoms with E-state index in [4.69, 9.17) is 0 Å². The first-order chi connectivity index (χ1) is 0. The molecule has 0 aromatic rings. The standard InChI is InChI=1S/3Al.5Pt. The van der Waals surface area contributed by atoms with Crippen molar-refractivity contribution in [2.24, 2.45) is 0 Å². The summed E-state index contributed by atoms with van der Waals surface area (Å²) in [5.41, 5.74) is 0. The van der Waals surface area contributed by atoms with Crippen LogP contribution in [-0.2, 0) is 105 Å². The van der Waals surface area contributed by atoms with Gasteiger partial charge in [0, 0.05) is 157 Å². The van der Waals surface area contributed by atoms with Gasteiger partial charge in [-0.15, -0.1) is 0 Å². The van der Waals surface area contributed by atoms with Crippen molar-refractivity contribution in [1.82, 2.24) is 0 Å². The molecule has 0 bridgehead atoms. The Balaban J connectivity index is 0. The topological polar surface area (TPSA) is 0 Å². The third kappa shape index (κ3) is 43.8. The minimum atomic E-state index is 0. The van der Waals surface area contributed by atoms with Crippen LogP contribution in [0.4, 0.5) is 0 Å². The summed E-state index contributed by atoms with van der Waals surface area (Å²) >= 11 is 0. The molecule has 0 aliphatic rings. The molecule has 8 heavy (non-hydrogen) atoms. The summed E-state index contributed by atoms with van der Waals surface area (Å²) in [5, 5.41) is 0. The molecule has 59 valence electrons. The van der Waals surface area contributed by atoms with Gasteiger partial charge in [0.05, 0.1) is 0 Å². The SMILES string of the molecule is [Al].[Al].[Al].[Pt].[Pt].[Pt].[Pt].[Pt]. The van der Waals surface area contributed by atoms with Crippen LogP contribution >= 0.6 is 0 Å². The Bertz CT molecular complexity index is 7.64. The number of hydrogen-bond acceptors (Lipinski definition) is 0. The third-order valence-electron chi connectivity index (χ3n) is 0. The Morgan fingerprint density at radius 1 is 0.250 bits per heavy atom. The molecule has 0 atom stereocenters. The minimum absolute atomic E-state index is 0. The summed E-state index contributed by atoms with van der Waals surface area (Å²) in [6.45, 7) is 0. The zero-order chi connectivity index (χ0) is 0. The van der Waals surface area contributed by atoms with Crippen molar-refractivity contribution in [3.05, 3.63) is 0 Å². The first-order valence-corrected chi connectivity index (χ1v) is 0. The van der Waals surface area contributed by atoms with Crippen LogP contribution in [0.1, 0.15) is 0 Å². The van der Waals surface area contributed by atoms with Crippen molar-refractivity contribution in [3.63, 3.8) is 0 Å². The molecule has 0 unspecified atom stereocenters.